The second-order valence-electron chi connectivity index (χ2n) is 5.86. The highest BCUT2D eigenvalue weighted by molar-refractivity contribution is 5.83. The van der Waals surface area contributed by atoms with Gasteiger partial charge in [-0.2, -0.15) is 0 Å². The minimum absolute atomic E-state index is 0.227. The van der Waals surface area contributed by atoms with E-state index in [1.807, 2.05) is 12.1 Å². The molecular formula is C17H23NO5. The second-order valence-corrected chi connectivity index (χ2v) is 5.86. The lowest BCUT2D eigenvalue weighted by atomic mass is 10.1. The quantitative estimate of drug-likeness (QED) is 0.727. The van der Waals surface area contributed by atoms with Gasteiger partial charge >= 0.3 is 5.97 Å². The number of ether oxygens (including phenoxy) is 2. The molecule has 1 atom stereocenters. The summed E-state index contributed by atoms with van der Waals surface area (Å²) in [4.78, 5) is 23.2. The van der Waals surface area contributed by atoms with E-state index in [1.54, 1.807) is 20.3 Å². The zero-order valence-electron chi connectivity index (χ0n) is 13.5. The van der Waals surface area contributed by atoms with Crippen LogP contribution in [0.2, 0.25) is 0 Å². The molecule has 1 aliphatic rings. The van der Waals surface area contributed by atoms with Gasteiger partial charge in [0.25, 0.3) is 0 Å². The third kappa shape index (κ3) is 5.47. The number of carbonyl (C=O) groups is 2. The van der Waals surface area contributed by atoms with Crippen LogP contribution in [0.25, 0.3) is 0 Å². The summed E-state index contributed by atoms with van der Waals surface area (Å²) in [5.41, 5.74) is 0.908. The van der Waals surface area contributed by atoms with Crippen LogP contribution in [0.1, 0.15) is 31.2 Å². The van der Waals surface area contributed by atoms with Gasteiger partial charge in [0.1, 0.15) is 17.5 Å². The Bertz CT molecular complexity index is 546. The number of aryl methyl sites for hydroxylation is 1. The molecule has 0 aliphatic heterocycles. The molecule has 6 heteroatoms. The van der Waals surface area contributed by atoms with Gasteiger partial charge in [0.05, 0.1) is 14.2 Å². The number of methoxy groups -OCH3 is 2. The Morgan fingerprint density at radius 3 is 2.30 bits per heavy atom. The number of carboxylic acid groups (broad SMARTS) is 1. The molecular weight excluding hydrogens is 298 g/mol. The molecule has 1 amide bonds. The number of hydrogen-bond acceptors (Lipinski definition) is 4. The topological polar surface area (TPSA) is 84.9 Å². The van der Waals surface area contributed by atoms with Gasteiger partial charge in [-0.15, -0.1) is 0 Å². The third-order valence-corrected chi connectivity index (χ3v) is 3.95. The van der Waals surface area contributed by atoms with Crippen LogP contribution in [0.4, 0.5) is 0 Å². The van der Waals surface area contributed by atoms with Gasteiger partial charge in [-0.25, -0.2) is 4.79 Å². The lowest BCUT2D eigenvalue weighted by Crippen LogP contribution is -2.41. The average molecular weight is 321 g/mol. The van der Waals surface area contributed by atoms with Crippen molar-refractivity contribution >= 4 is 11.9 Å². The molecule has 1 aromatic carbocycles. The molecule has 0 aromatic heterocycles. The van der Waals surface area contributed by atoms with Gasteiger partial charge in [-0.3, -0.25) is 4.79 Å². The van der Waals surface area contributed by atoms with E-state index in [1.165, 1.54) is 0 Å². The number of benzene rings is 1. The van der Waals surface area contributed by atoms with E-state index < -0.39 is 12.0 Å². The molecule has 126 valence electrons. The molecule has 1 aromatic rings. The molecule has 1 fully saturated rings. The molecule has 0 radical (unpaired) electrons. The number of amides is 1. The Morgan fingerprint density at radius 2 is 1.83 bits per heavy atom. The highest BCUT2D eigenvalue weighted by Gasteiger charge is 2.30. The third-order valence-electron chi connectivity index (χ3n) is 3.95. The highest BCUT2D eigenvalue weighted by Crippen LogP contribution is 2.33. The lowest BCUT2D eigenvalue weighted by molar-refractivity contribution is -0.142. The Kier molecular flexibility index (Phi) is 5.84. The Balaban J connectivity index is 1.88. The zero-order chi connectivity index (χ0) is 16.8. The van der Waals surface area contributed by atoms with Crippen LogP contribution in [-0.2, 0) is 16.0 Å². The SMILES string of the molecule is COc1cc(CCC(=O)NC(CC2CC2)C(=O)O)cc(OC)c1. The first kappa shape index (κ1) is 17.1. The molecule has 23 heavy (non-hydrogen) atoms. The van der Waals surface area contributed by atoms with Gasteiger partial charge in [-0.05, 0) is 36.5 Å². The van der Waals surface area contributed by atoms with Crippen molar-refractivity contribution in [3.05, 3.63) is 23.8 Å². The maximum absolute atomic E-state index is 12.0. The Morgan fingerprint density at radius 1 is 1.22 bits per heavy atom. The summed E-state index contributed by atoms with van der Waals surface area (Å²) in [5.74, 6) is 0.556. The smallest absolute Gasteiger partial charge is 0.326 e. The van der Waals surface area contributed by atoms with E-state index in [2.05, 4.69) is 5.32 Å². The van der Waals surface area contributed by atoms with Crippen molar-refractivity contribution in [2.45, 2.75) is 38.1 Å². The van der Waals surface area contributed by atoms with Gasteiger partial charge in [-0.1, -0.05) is 12.8 Å². The van der Waals surface area contributed by atoms with Crippen LogP contribution < -0.4 is 14.8 Å². The molecule has 0 bridgehead atoms. The van der Waals surface area contributed by atoms with E-state index in [4.69, 9.17) is 9.47 Å². The highest BCUT2D eigenvalue weighted by atomic mass is 16.5. The summed E-state index contributed by atoms with van der Waals surface area (Å²) in [6, 6.07) is 4.66. The first-order chi connectivity index (χ1) is 11.0. The Hall–Kier alpha value is -2.24. The van der Waals surface area contributed by atoms with E-state index in [0.29, 0.717) is 30.3 Å². The van der Waals surface area contributed by atoms with Crippen LogP contribution >= 0.6 is 0 Å². The van der Waals surface area contributed by atoms with E-state index >= 15 is 0 Å². The summed E-state index contributed by atoms with van der Waals surface area (Å²) in [5, 5.41) is 11.8. The fourth-order valence-corrected chi connectivity index (χ4v) is 2.44. The molecule has 1 unspecified atom stereocenters. The van der Waals surface area contributed by atoms with Crippen molar-refractivity contribution in [1.29, 1.82) is 0 Å². The molecule has 0 saturated heterocycles. The van der Waals surface area contributed by atoms with E-state index in [9.17, 15) is 14.7 Å². The fourth-order valence-electron chi connectivity index (χ4n) is 2.44. The molecule has 1 aliphatic carbocycles. The normalized spacial score (nSPS) is 14.9. The van der Waals surface area contributed by atoms with Gasteiger partial charge < -0.3 is 19.9 Å². The monoisotopic (exact) mass is 321 g/mol. The molecule has 2 N–H and O–H groups in total. The number of carbonyl (C=O) groups excluding carboxylic acids is 1. The Labute approximate surface area is 135 Å². The average Bonchev–Trinajstić information content (AvgIpc) is 3.35. The summed E-state index contributed by atoms with van der Waals surface area (Å²) in [6.07, 6.45) is 3.36. The van der Waals surface area contributed by atoms with Crippen molar-refractivity contribution in [2.75, 3.05) is 14.2 Å². The minimum atomic E-state index is -0.965. The van der Waals surface area contributed by atoms with Gasteiger partial charge in [0, 0.05) is 12.5 Å². The minimum Gasteiger partial charge on any atom is -0.497 e. The van der Waals surface area contributed by atoms with Crippen molar-refractivity contribution in [3.8, 4) is 11.5 Å². The lowest BCUT2D eigenvalue weighted by Gasteiger charge is -2.14. The van der Waals surface area contributed by atoms with E-state index in [0.717, 1.165) is 18.4 Å². The number of nitrogens with one attached hydrogen (secondary N) is 1. The van der Waals surface area contributed by atoms with Crippen LogP contribution in [-0.4, -0.2) is 37.2 Å². The maximum Gasteiger partial charge on any atom is 0.326 e. The van der Waals surface area contributed by atoms with E-state index in [-0.39, 0.29) is 12.3 Å². The first-order valence-electron chi connectivity index (χ1n) is 7.76. The van der Waals surface area contributed by atoms with Gasteiger partial charge in [0.15, 0.2) is 0 Å². The second kappa shape index (κ2) is 7.85. The first-order valence-corrected chi connectivity index (χ1v) is 7.76. The van der Waals surface area contributed by atoms with Gasteiger partial charge in [0.2, 0.25) is 5.91 Å². The van der Waals surface area contributed by atoms with Crippen LogP contribution in [0.5, 0.6) is 11.5 Å². The molecule has 0 heterocycles. The van der Waals surface area contributed by atoms with Crippen molar-refractivity contribution in [3.63, 3.8) is 0 Å². The van der Waals surface area contributed by atoms with Crippen molar-refractivity contribution in [2.24, 2.45) is 5.92 Å². The molecule has 1 saturated carbocycles. The number of carboxylic acids is 1. The van der Waals surface area contributed by atoms with Crippen LogP contribution in [0, 0.1) is 5.92 Å². The standard InChI is InChI=1S/C17H23NO5/c1-22-13-7-12(8-14(10-13)23-2)5-6-16(19)18-15(17(20)21)9-11-3-4-11/h7-8,10-11,15H,3-6,9H2,1-2H3,(H,18,19)(H,20,21). The largest absolute Gasteiger partial charge is 0.497 e. The molecule has 0 spiro atoms. The van der Waals surface area contributed by atoms with Crippen LogP contribution in [0.15, 0.2) is 18.2 Å². The fraction of sp³-hybridized carbons (Fsp3) is 0.529. The van der Waals surface area contributed by atoms with Crippen LogP contribution in [0.3, 0.4) is 0 Å². The summed E-state index contributed by atoms with van der Waals surface area (Å²) < 4.78 is 10.4. The summed E-state index contributed by atoms with van der Waals surface area (Å²) in [7, 11) is 3.14. The number of aliphatic carboxylic acids is 1. The summed E-state index contributed by atoms with van der Waals surface area (Å²) >= 11 is 0. The van der Waals surface area contributed by atoms with Crippen molar-refractivity contribution in [1.82, 2.24) is 5.32 Å². The zero-order valence-corrected chi connectivity index (χ0v) is 13.5. The number of hydrogen-bond donors (Lipinski definition) is 2. The van der Waals surface area contributed by atoms with Crippen molar-refractivity contribution < 1.29 is 24.2 Å². The predicted molar refractivity (Wildman–Crippen MR) is 84.8 cm³/mol. The number of rotatable bonds is 9. The predicted octanol–water partition coefficient (Wildman–Crippen LogP) is 2.01. The maximum atomic E-state index is 12.0. The molecule has 2 rings (SSSR count). The summed E-state index contributed by atoms with van der Waals surface area (Å²) in [6.45, 7) is 0. The molecule has 6 nitrogen and oxygen atoms in total.